The van der Waals surface area contributed by atoms with Gasteiger partial charge in [-0.1, -0.05) is 35.5 Å². The minimum atomic E-state index is -0.437. The smallest absolute Gasteiger partial charge is 0.255 e. The molecule has 174 valence electrons. The summed E-state index contributed by atoms with van der Waals surface area (Å²) in [5.41, 5.74) is 1.72. The van der Waals surface area contributed by atoms with Crippen molar-refractivity contribution in [3.63, 3.8) is 0 Å². The molecule has 0 aliphatic carbocycles. The van der Waals surface area contributed by atoms with Crippen LogP contribution < -0.4 is 15.4 Å². The molecule has 3 heterocycles. The van der Waals surface area contributed by atoms with Crippen molar-refractivity contribution in [3.8, 4) is 17.3 Å². The molecule has 4 rings (SSSR count). The van der Waals surface area contributed by atoms with E-state index in [2.05, 4.69) is 30.7 Å². The number of benzene rings is 1. The fourth-order valence-corrected chi connectivity index (χ4v) is 3.78. The van der Waals surface area contributed by atoms with Gasteiger partial charge in [-0.25, -0.2) is 9.97 Å². The van der Waals surface area contributed by atoms with Gasteiger partial charge in [0, 0.05) is 36.5 Å². The summed E-state index contributed by atoms with van der Waals surface area (Å²) in [6.45, 7) is 5.68. The average Bonchev–Trinajstić information content (AvgIpc) is 3.45. The number of carbonyl (C=O) groups excluding carboxylic acids is 2. The zero-order valence-electron chi connectivity index (χ0n) is 18.7. The predicted octanol–water partition coefficient (Wildman–Crippen LogP) is 4.11. The van der Waals surface area contributed by atoms with E-state index in [9.17, 15) is 9.59 Å². The normalized spacial score (nSPS) is 12.1. The van der Waals surface area contributed by atoms with Crippen LogP contribution in [0.25, 0.3) is 21.6 Å². The molecule has 1 unspecified atom stereocenters. The number of pyridine rings is 1. The average molecular weight is 479 g/mol. The summed E-state index contributed by atoms with van der Waals surface area (Å²) >= 11 is 1.27. The van der Waals surface area contributed by atoms with Crippen molar-refractivity contribution in [1.82, 2.24) is 25.4 Å². The third-order valence-electron chi connectivity index (χ3n) is 4.75. The van der Waals surface area contributed by atoms with Crippen molar-refractivity contribution in [3.05, 3.63) is 60.3 Å². The highest BCUT2D eigenvalue weighted by Crippen LogP contribution is 2.32. The van der Waals surface area contributed by atoms with Gasteiger partial charge in [0.15, 0.2) is 5.13 Å². The number of aromatic nitrogens is 4. The number of nitrogens with zero attached hydrogens (tertiary/aromatic N) is 4. The molecule has 3 aromatic heterocycles. The third-order valence-corrected chi connectivity index (χ3v) is 5.72. The molecule has 0 saturated carbocycles. The third kappa shape index (κ3) is 5.44. The van der Waals surface area contributed by atoms with Crippen LogP contribution in [0.1, 0.15) is 36.5 Å². The maximum absolute atomic E-state index is 12.5. The Balaban J connectivity index is 1.38. The minimum absolute atomic E-state index is 0.0156. The highest BCUT2D eigenvalue weighted by Gasteiger charge is 2.14. The van der Waals surface area contributed by atoms with Crippen molar-refractivity contribution in [2.75, 3.05) is 5.32 Å². The number of nitrogens with one attached hydrogen (secondary N) is 2. The number of aryl methyl sites for hydroxylation is 1. The van der Waals surface area contributed by atoms with E-state index in [4.69, 9.17) is 9.26 Å². The number of hydrogen-bond donors (Lipinski definition) is 2. The molecule has 10 nitrogen and oxygen atoms in total. The molecule has 34 heavy (non-hydrogen) atoms. The van der Waals surface area contributed by atoms with Gasteiger partial charge in [0.25, 0.3) is 11.8 Å². The standard InChI is InChI=1S/C23H22N6O4S/c1-4-13(2)32-22-19-17(8-10-25-22)27-23(34-19)28-18(30)9-11-24-21(31)16-7-5-6-15(12-16)20-26-14(3)33-29-20/h5-13H,4H2,1-3H3,(H,24,31)(H,27,28,30). The lowest BCUT2D eigenvalue weighted by atomic mass is 10.1. The van der Waals surface area contributed by atoms with Crippen molar-refractivity contribution >= 4 is 38.5 Å². The molecule has 0 fully saturated rings. The summed E-state index contributed by atoms with van der Waals surface area (Å²) in [4.78, 5) is 37.6. The molecule has 0 aliphatic heterocycles. The highest BCUT2D eigenvalue weighted by atomic mass is 32.1. The van der Waals surface area contributed by atoms with Gasteiger partial charge in [-0.15, -0.1) is 0 Å². The van der Waals surface area contributed by atoms with Crippen LogP contribution in [0.2, 0.25) is 0 Å². The van der Waals surface area contributed by atoms with Gasteiger partial charge in [0.05, 0.1) is 11.6 Å². The lowest BCUT2D eigenvalue weighted by Gasteiger charge is -2.11. The molecule has 0 radical (unpaired) electrons. The first-order chi connectivity index (χ1) is 16.4. The molecule has 11 heteroatoms. The number of rotatable bonds is 8. The first-order valence-corrected chi connectivity index (χ1v) is 11.4. The molecule has 2 N–H and O–H groups in total. The Morgan fingerprint density at radius 1 is 1.26 bits per heavy atom. The van der Waals surface area contributed by atoms with Crippen molar-refractivity contribution in [2.45, 2.75) is 33.3 Å². The van der Waals surface area contributed by atoms with Crippen LogP contribution in [-0.2, 0) is 4.79 Å². The molecular formula is C23H22N6O4S. The maximum atomic E-state index is 12.5. The highest BCUT2D eigenvalue weighted by molar-refractivity contribution is 7.22. The fraction of sp³-hybridized carbons (Fsp3) is 0.217. The van der Waals surface area contributed by atoms with Crippen LogP contribution in [0.5, 0.6) is 5.88 Å². The monoisotopic (exact) mass is 478 g/mol. The Morgan fingerprint density at radius 3 is 2.88 bits per heavy atom. The molecular weight excluding hydrogens is 456 g/mol. The van der Waals surface area contributed by atoms with Crippen molar-refractivity contribution in [2.24, 2.45) is 0 Å². The SMILES string of the molecule is CCC(C)Oc1nccc2nc(NC(=O)C=CNC(=O)c3cccc(-c4noc(C)n4)c3)sc12. The largest absolute Gasteiger partial charge is 0.474 e. The maximum Gasteiger partial charge on any atom is 0.255 e. The van der Waals surface area contributed by atoms with E-state index in [1.54, 1.807) is 43.5 Å². The van der Waals surface area contributed by atoms with Gasteiger partial charge < -0.3 is 14.6 Å². The second-order valence-electron chi connectivity index (χ2n) is 7.33. The van der Waals surface area contributed by atoms with Crippen LogP contribution in [-0.4, -0.2) is 38.0 Å². The Kier molecular flexibility index (Phi) is 6.93. The van der Waals surface area contributed by atoms with Gasteiger partial charge in [-0.05, 0) is 31.5 Å². The van der Waals surface area contributed by atoms with E-state index in [0.29, 0.717) is 39.4 Å². The zero-order valence-corrected chi connectivity index (χ0v) is 19.5. The molecule has 0 bridgehead atoms. The first kappa shape index (κ1) is 23.1. The summed E-state index contributed by atoms with van der Waals surface area (Å²) in [5, 5.41) is 9.52. The Hall–Kier alpha value is -4.12. The lowest BCUT2D eigenvalue weighted by Crippen LogP contribution is -2.18. The predicted molar refractivity (Wildman–Crippen MR) is 128 cm³/mol. The topological polar surface area (TPSA) is 132 Å². The second-order valence-corrected chi connectivity index (χ2v) is 8.33. The number of carbonyl (C=O) groups is 2. The van der Waals surface area contributed by atoms with E-state index >= 15 is 0 Å². The number of amides is 2. The van der Waals surface area contributed by atoms with Gasteiger partial charge >= 0.3 is 0 Å². The number of anilines is 1. The summed E-state index contributed by atoms with van der Waals surface area (Å²) in [6.07, 6.45) is 4.97. The van der Waals surface area contributed by atoms with Crippen molar-refractivity contribution < 1.29 is 18.8 Å². The lowest BCUT2D eigenvalue weighted by molar-refractivity contribution is -0.111. The van der Waals surface area contributed by atoms with Crippen LogP contribution in [0.3, 0.4) is 0 Å². The zero-order chi connectivity index (χ0) is 24.1. The van der Waals surface area contributed by atoms with Crippen LogP contribution in [0.15, 0.2) is 53.3 Å². The number of ether oxygens (including phenoxy) is 1. The van der Waals surface area contributed by atoms with E-state index in [0.717, 1.165) is 11.1 Å². The number of hydrogen-bond acceptors (Lipinski definition) is 9. The summed E-state index contributed by atoms with van der Waals surface area (Å²) in [6, 6.07) is 8.53. The van der Waals surface area contributed by atoms with Crippen LogP contribution >= 0.6 is 11.3 Å². The van der Waals surface area contributed by atoms with E-state index in [-0.39, 0.29) is 12.0 Å². The van der Waals surface area contributed by atoms with Crippen molar-refractivity contribution in [1.29, 1.82) is 0 Å². The van der Waals surface area contributed by atoms with Crippen LogP contribution in [0, 0.1) is 6.92 Å². The molecule has 0 aliphatic rings. The van der Waals surface area contributed by atoms with Gasteiger partial charge in [0.2, 0.25) is 17.6 Å². The van der Waals surface area contributed by atoms with E-state index in [1.807, 2.05) is 13.8 Å². The number of fused-ring (bicyclic) bond motifs is 1. The summed E-state index contributed by atoms with van der Waals surface area (Å²) in [5.74, 6) is 0.496. The summed E-state index contributed by atoms with van der Waals surface area (Å²) < 4.78 is 11.6. The fourth-order valence-electron chi connectivity index (χ4n) is 2.88. The molecule has 1 aromatic carbocycles. The molecule has 0 spiro atoms. The molecule has 2 amide bonds. The Morgan fingerprint density at radius 2 is 2.12 bits per heavy atom. The van der Waals surface area contributed by atoms with Gasteiger partial charge in [-0.3, -0.25) is 14.9 Å². The second kappa shape index (κ2) is 10.2. The Bertz CT molecular complexity index is 1360. The molecule has 0 saturated heterocycles. The van der Waals surface area contributed by atoms with E-state index in [1.165, 1.54) is 23.6 Å². The quantitative estimate of drug-likeness (QED) is 0.362. The molecule has 4 aromatic rings. The first-order valence-electron chi connectivity index (χ1n) is 10.5. The molecule has 1 atom stereocenters. The minimum Gasteiger partial charge on any atom is -0.474 e. The number of thiazole rings is 1. The Labute approximate surface area is 199 Å². The van der Waals surface area contributed by atoms with E-state index < -0.39 is 5.91 Å². The van der Waals surface area contributed by atoms with Gasteiger partial charge in [0.1, 0.15) is 4.70 Å². The summed E-state index contributed by atoms with van der Waals surface area (Å²) in [7, 11) is 0. The van der Waals surface area contributed by atoms with Crippen LogP contribution in [0.4, 0.5) is 5.13 Å². The van der Waals surface area contributed by atoms with Gasteiger partial charge in [-0.2, -0.15) is 4.98 Å².